The Hall–Kier alpha value is -4.44. The molecule has 0 fully saturated rings. The number of hydrogen-bond donors (Lipinski definition) is 1. The second kappa shape index (κ2) is 10.1. The molecule has 2 heterocycles. The summed E-state index contributed by atoms with van der Waals surface area (Å²) in [4.78, 5) is 48.9. The van der Waals surface area contributed by atoms with Gasteiger partial charge in [-0.25, -0.2) is 28.8 Å². The largest absolute Gasteiger partial charge is 0.465 e. The summed E-state index contributed by atoms with van der Waals surface area (Å²) in [5.74, 6) is -1.86. The van der Waals surface area contributed by atoms with E-state index in [-0.39, 0.29) is 22.7 Å². The number of para-hydroxylation sites is 1. The Morgan fingerprint density at radius 2 is 1.66 bits per heavy atom. The number of carbonyl (C=O) groups excluding carboxylic acids is 3. The van der Waals surface area contributed by atoms with Crippen LogP contribution in [-0.2, 0) is 14.3 Å². The molecule has 196 valence electrons. The van der Waals surface area contributed by atoms with Gasteiger partial charge in [0.05, 0.1) is 25.4 Å². The number of halogens is 1. The highest BCUT2D eigenvalue weighted by Gasteiger charge is 2.50. The summed E-state index contributed by atoms with van der Waals surface area (Å²) in [7, 11) is 2.77. The fourth-order valence-electron chi connectivity index (χ4n) is 4.30. The second-order valence-corrected chi connectivity index (χ2v) is 9.73. The van der Waals surface area contributed by atoms with Gasteiger partial charge < -0.3 is 9.47 Å². The number of esters is 1. The van der Waals surface area contributed by atoms with Crippen LogP contribution in [0.3, 0.4) is 0 Å². The number of quaternary nitrogens is 1. The summed E-state index contributed by atoms with van der Waals surface area (Å²) >= 11 is 0. The Labute approximate surface area is 219 Å². The molecule has 1 aliphatic heterocycles. The van der Waals surface area contributed by atoms with Gasteiger partial charge >= 0.3 is 18.0 Å². The number of pyridine rings is 1. The standard InChI is InChI=1S/C28H27FN4O5/c1-28(2,3)38-27(36)32-23-25(34)33(4,24-19(26(35)37-5)13-10-16-30-24)21-15-9-7-12-18(21)22(31-23)17-11-6-8-14-20(17)29/h6-16,23H,1-5H3/p+1. The number of carbonyl (C=O) groups is 3. The van der Waals surface area contributed by atoms with Gasteiger partial charge in [0.2, 0.25) is 6.17 Å². The molecule has 0 saturated heterocycles. The molecule has 0 radical (unpaired) electrons. The molecule has 2 amide bonds. The van der Waals surface area contributed by atoms with Crippen molar-refractivity contribution in [1.82, 2.24) is 14.8 Å². The van der Waals surface area contributed by atoms with Crippen LogP contribution in [0, 0.1) is 5.82 Å². The van der Waals surface area contributed by atoms with E-state index in [9.17, 15) is 14.4 Å². The van der Waals surface area contributed by atoms with Gasteiger partial charge in [-0.2, -0.15) is 4.48 Å². The van der Waals surface area contributed by atoms with Crippen LogP contribution in [0.15, 0.2) is 71.9 Å². The number of amides is 2. The lowest BCUT2D eigenvalue weighted by atomic mass is 9.98. The SMILES string of the molecule is COC(=O)c1cccnc1[N+]1(C)C(=O)C(NC(=O)OC(C)(C)C)N=C(c2ccccc2F)c2ccccc21. The van der Waals surface area contributed by atoms with Crippen LogP contribution in [0.25, 0.3) is 0 Å². The van der Waals surface area contributed by atoms with Crippen molar-refractivity contribution >= 4 is 35.2 Å². The summed E-state index contributed by atoms with van der Waals surface area (Å²) < 4.78 is 24.7. The molecule has 0 saturated carbocycles. The molecule has 0 bridgehead atoms. The molecule has 4 rings (SSSR count). The van der Waals surface area contributed by atoms with Gasteiger partial charge in [-0.3, -0.25) is 5.32 Å². The van der Waals surface area contributed by atoms with Gasteiger partial charge in [0.15, 0.2) is 5.69 Å². The van der Waals surface area contributed by atoms with Crippen molar-refractivity contribution in [2.45, 2.75) is 32.5 Å². The number of aliphatic imine (C=N–C) groups is 1. The van der Waals surface area contributed by atoms with E-state index < -0.39 is 40.0 Å². The lowest BCUT2D eigenvalue weighted by Gasteiger charge is -2.32. The molecule has 0 aliphatic carbocycles. The zero-order valence-electron chi connectivity index (χ0n) is 21.7. The highest BCUT2D eigenvalue weighted by molar-refractivity contribution is 6.20. The average molecular weight is 520 g/mol. The number of aromatic nitrogens is 1. The number of benzene rings is 2. The molecule has 2 unspecified atom stereocenters. The van der Waals surface area contributed by atoms with E-state index in [1.807, 2.05) is 0 Å². The molecule has 1 aromatic heterocycles. The van der Waals surface area contributed by atoms with E-state index in [2.05, 4.69) is 15.3 Å². The van der Waals surface area contributed by atoms with Crippen LogP contribution >= 0.6 is 0 Å². The van der Waals surface area contributed by atoms with Gasteiger partial charge in [-0.1, -0.05) is 24.3 Å². The van der Waals surface area contributed by atoms with Crippen LogP contribution < -0.4 is 9.80 Å². The van der Waals surface area contributed by atoms with Gasteiger partial charge in [0.25, 0.3) is 5.82 Å². The monoisotopic (exact) mass is 519 g/mol. The number of methoxy groups -OCH3 is 1. The summed E-state index contributed by atoms with van der Waals surface area (Å²) in [5, 5.41) is 2.53. The fraction of sp³-hybridized carbons (Fsp3) is 0.250. The first-order valence-corrected chi connectivity index (χ1v) is 11.8. The first-order valence-electron chi connectivity index (χ1n) is 11.8. The van der Waals surface area contributed by atoms with E-state index in [0.717, 1.165) is 0 Å². The number of hydrogen-bond acceptors (Lipinski definition) is 7. The number of ether oxygens (including phenoxy) is 2. The number of likely N-dealkylation sites (N-methyl/N-ethyl adjacent to an activating group) is 1. The predicted octanol–water partition coefficient (Wildman–Crippen LogP) is 4.50. The summed E-state index contributed by atoms with van der Waals surface area (Å²) in [5.41, 5.74) is 0.263. The topological polar surface area (TPSA) is 107 Å². The first-order chi connectivity index (χ1) is 18.0. The van der Waals surface area contributed by atoms with Crippen molar-refractivity contribution in [2.24, 2.45) is 4.99 Å². The Morgan fingerprint density at radius 3 is 2.32 bits per heavy atom. The third-order valence-electron chi connectivity index (χ3n) is 5.97. The fourth-order valence-corrected chi connectivity index (χ4v) is 4.30. The maximum absolute atomic E-state index is 15.1. The van der Waals surface area contributed by atoms with Crippen molar-refractivity contribution in [3.8, 4) is 0 Å². The Balaban J connectivity index is 2.02. The average Bonchev–Trinajstić information content (AvgIpc) is 2.97. The molecule has 38 heavy (non-hydrogen) atoms. The van der Waals surface area contributed by atoms with Crippen molar-refractivity contribution < 1.29 is 28.2 Å². The van der Waals surface area contributed by atoms with Gasteiger partial charge in [-0.05, 0) is 51.1 Å². The lowest BCUT2D eigenvalue weighted by Crippen LogP contribution is -2.56. The minimum Gasteiger partial charge on any atom is -0.465 e. The number of nitrogens with zero attached hydrogens (tertiary/aromatic N) is 3. The van der Waals surface area contributed by atoms with Crippen LogP contribution in [0.4, 0.5) is 20.7 Å². The normalized spacial score (nSPS) is 19.1. The number of nitrogens with one attached hydrogen (secondary N) is 1. The van der Waals surface area contributed by atoms with E-state index in [1.165, 1.54) is 31.5 Å². The highest BCUT2D eigenvalue weighted by Crippen LogP contribution is 2.40. The van der Waals surface area contributed by atoms with Gasteiger partial charge in [0.1, 0.15) is 17.0 Å². The summed E-state index contributed by atoms with van der Waals surface area (Å²) in [6, 6.07) is 15.9. The van der Waals surface area contributed by atoms with E-state index in [4.69, 9.17) is 9.47 Å². The van der Waals surface area contributed by atoms with Crippen molar-refractivity contribution in [3.05, 3.63) is 89.4 Å². The predicted molar refractivity (Wildman–Crippen MR) is 140 cm³/mol. The van der Waals surface area contributed by atoms with E-state index >= 15 is 4.39 Å². The second-order valence-electron chi connectivity index (χ2n) is 9.73. The first kappa shape index (κ1) is 26.6. The Bertz CT molecular complexity index is 1450. The third kappa shape index (κ3) is 4.90. The number of alkyl carbamates (subject to hydrolysis) is 1. The van der Waals surface area contributed by atoms with Crippen LogP contribution in [0.5, 0.6) is 0 Å². The Kier molecular flexibility index (Phi) is 7.10. The minimum absolute atomic E-state index is 0.0472. The van der Waals surface area contributed by atoms with Crippen LogP contribution in [0.2, 0.25) is 0 Å². The minimum atomic E-state index is -1.52. The molecule has 10 heteroatoms. The number of rotatable bonds is 4. The van der Waals surface area contributed by atoms with E-state index in [0.29, 0.717) is 11.3 Å². The van der Waals surface area contributed by atoms with Crippen LogP contribution in [0.1, 0.15) is 42.3 Å². The maximum Gasteiger partial charge on any atom is 0.409 e. The number of fused-ring (bicyclic) bond motifs is 1. The number of benzodiazepines with no additional fused rings is 1. The highest BCUT2D eigenvalue weighted by atomic mass is 19.1. The van der Waals surface area contributed by atoms with Crippen molar-refractivity contribution in [2.75, 3.05) is 14.2 Å². The van der Waals surface area contributed by atoms with Gasteiger partial charge in [0, 0.05) is 17.8 Å². The zero-order chi connectivity index (χ0) is 27.7. The molecule has 1 aliphatic rings. The molecular weight excluding hydrogens is 491 g/mol. The van der Waals surface area contributed by atoms with Crippen molar-refractivity contribution in [3.63, 3.8) is 0 Å². The molecule has 2 aromatic carbocycles. The molecular formula is C28H28FN4O5+. The quantitative estimate of drug-likeness (QED) is 0.402. The molecule has 2 atom stereocenters. The van der Waals surface area contributed by atoms with Crippen LogP contribution in [-0.4, -0.2) is 54.6 Å². The molecule has 1 N–H and O–H groups in total. The third-order valence-corrected chi connectivity index (χ3v) is 5.97. The van der Waals surface area contributed by atoms with E-state index in [1.54, 1.807) is 70.3 Å². The summed E-state index contributed by atoms with van der Waals surface area (Å²) in [6.07, 6.45) is -0.968. The van der Waals surface area contributed by atoms with Crippen molar-refractivity contribution in [1.29, 1.82) is 0 Å². The zero-order valence-corrected chi connectivity index (χ0v) is 21.7. The molecule has 3 aromatic rings. The smallest absolute Gasteiger partial charge is 0.409 e. The molecule has 9 nitrogen and oxygen atoms in total. The summed E-state index contributed by atoms with van der Waals surface area (Å²) in [6.45, 7) is 5.05. The Morgan fingerprint density at radius 1 is 1.00 bits per heavy atom. The lowest BCUT2D eigenvalue weighted by molar-refractivity contribution is -0.128. The maximum atomic E-state index is 15.1. The van der Waals surface area contributed by atoms with Gasteiger partial charge in [-0.15, -0.1) is 0 Å². The molecule has 0 spiro atoms.